The van der Waals surface area contributed by atoms with Crippen molar-refractivity contribution in [3.05, 3.63) is 35.4 Å². The van der Waals surface area contributed by atoms with Gasteiger partial charge >= 0.3 is 5.97 Å². The molecule has 1 aromatic rings. The summed E-state index contributed by atoms with van der Waals surface area (Å²) in [5.41, 5.74) is 2.08. The number of carbonyl (C=O) groups is 2. The maximum absolute atomic E-state index is 12.2. The molecule has 1 N–H and O–H groups in total. The van der Waals surface area contributed by atoms with Crippen molar-refractivity contribution in [1.82, 2.24) is 4.90 Å². The minimum atomic E-state index is -0.946. The van der Waals surface area contributed by atoms with Crippen LogP contribution in [0, 0.1) is 12.8 Å². The summed E-state index contributed by atoms with van der Waals surface area (Å²) in [5, 5.41) is 8.87. The van der Waals surface area contributed by atoms with Crippen LogP contribution in [0.1, 0.15) is 24.0 Å². The average Bonchev–Trinajstić information content (AvgIpc) is 3.14. The van der Waals surface area contributed by atoms with Crippen molar-refractivity contribution >= 4 is 11.9 Å². The Balaban J connectivity index is 1.97. The van der Waals surface area contributed by atoms with E-state index in [0.29, 0.717) is 12.5 Å². The van der Waals surface area contributed by atoms with E-state index in [1.165, 1.54) is 4.90 Å². The van der Waals surface area contributed by atoms with Gasteiger partial charge in [-0.2, -0.15) is 0 Å². The van der Waals surface area contributed by atoms with E-state index in [-0.39, 0.29) is 18.9 Å². The van der Waals surface area contributed by atoms with Crippen LogP contribution in [-0.4, -0.2) is 35.0 Å². The third kappa shape index (κ3) is 4.39. The average molecular weight is 261 g/mol. The second-order valence-electron chi connectivity index (χ2n) is 5.27. The van der Waals surface area contributed by atoms with E-state index in [1.54, 1.807) is 0 Å². The number of hydrogen-bond acceptors (Lipinski definition) is 2. The van der Waals surface area contributed by atoms with Gasteiger partial charge in [-0.1, -0.05) is 29.8 Å². The normalized spacial score (nSPS) is 14.2. The Kier molecular flexibility index (Phi) is 4.20. The lowest BCUT2D eigenvalue weighted by Gasteiger charge is -2.20. The van der Waals surface area contributed by atoms with E-state index in [0.717, 1.165) is 24.0 Å². The van der Waals surface area contributed by atoms with Gasteiger partial charge in [-0.15, -0.1) is 0 Å². The molecular formula is C15H19NO3. The minimum absolute atomic E-state index is 0.0989. The van der Waals surface area contributed by atoms with Crippen LogP contribution in [0.2, 0.25) is 0 Å². The van der Waals surface area contributed by atoms with Gasteiger partial charge in [0.1, 0.15) is 6.54 Å². The molecule has 1 aromatic carbocycles. The molecular weight excluding hydrogens is 242 g/mol. The van der Waals surface area contributed by atoms with Crippen LogP contribution in [0.15, 0.2) is 24.3 Å². The number of benzene rings is 1. The SMILES string of the molecule is Cc1ccc(CC(=O)N(CC(=O)O)CC2CC2)cc1. The van der Waals surface area contributed by atoms with Gasteiger partial charge in [0.25, 0.3) is 0 Å². The molecule has 2 rings (SSSR count). The zero-order valence-corrected chi connectivity index (χ0v) is 11.1. The lowest BCUT2D eigenvalue weighted by atomic mass is 10.1. The lowest BCUT2D eigenvalue weighted by molar-refractivity contribution is -0.144. The highest BCUT2D eigenvalue weighted by Gasteiger charge is 2.27. The molecule has 0 bridgehead atoms. The first-order chi connectivity index (χ1) is 9.04. The van der Waals surface area contributed by atoms with Crippen LogP contribution in [0.5, 0.6) is 0 Å². The number of aryl methyl sites for hydroxylation is 1. The number of nitrogens with zero attached hydrogens (tertiary/aromatic N) is 1. The lowest BCUT2D eigenvalue weighted by Crippen LogP contribution is -2.38. The number of carbonyl (C=O) groups excluding carboxylic acids is 1. The van der Waals surface area contributed by atoms with Crippen molar-refractivity contribution in [1.29, 1.82) is 0 Å². The highest BCUT2D eigenvalue weighted by Crippen LogP contribution is 2.29. The molecule has 4 nitrogen and oxygen atoms in total. The molecule has 1 amide bonds. The fourth-order valence-electron chi connectivity index (χ4n) is 2.02. The van der Waals surface area contributed by atoms with Crippen LogP contribution in [0.25, 0.3) is 0 Å². The van der Waals surface area contributed by atoms with Crippen molar-refractivity contribution in [2.45, 2.75) is 26.2 Å². The number of aliphatic carboxylic acids is 1. The van der Waals surface area contributed by atoms with E-state index in [2.05, 4.69) is 0 Å². The van der Waals surface area contributed by atoms with Crippen LogP contribution in [0.3, 0.4) is 0 Å². The molecule has 1 fully saturated rings. The largest absolute Gasteiger partial charge is 0.480 e. The fraction of sp³-hybridized carbons (Fsp3) is 0.467. The Hall–Kier alpha value is -1.84. The second-order valence-corrected chi connectivity index (χ2v) is 5.27. The van der Waals surface area contributed by atoms with Crippen molar-refractivity contribution in [3.63, 3.8) is 0 Å². The zero-order valence-electron chi connectivity index (χ0n) is 11.1. The summed E-state index contributed by atoms with van der Waals surface area (Å²) in [4.78, 5) is 24.5. The van der Waals surface area contributed by atoms with E-state index in [4.69, 9.17) is 5.11 Å². The molecule has 0 aliphatic heterocycles. The molecule has 0 saturated heterocycles. The molecule has 1 saturated carbocycles. The summed E-state index contributed by atoms with van der Waals surface area (Å²) in [6, 6.07) is 7.77. The van der Waals surface area contributed by atoms with E-state index >= 15 is 0 Å². The molecule has 19 heavy (non-hydrogen) atoms. The minimum Gasteiger partial charge on any atom is -0.480 e. The van der Waals surface area contributed by atoms with Crippen molar-refractivity contribution in [2.24, 2.45) is 5.92 Å². The second kappa shape index (κ2) is 5.87. The van der Waals surface area contributed by atoms with Gasteiger partial charge in [0, 0.05) is 6.54 Å². The van der Waals surface area contributed by atoms with Crippen LogP contribution in [0.4, 0.5) is 0 Å². The van der Waals surface area contributed by atoms with Gasteiger partial charge in [-0.05, 0) is 31.2 Å². The van der Waals surface area contributed by atoms with Gasteiger partial charge in [-0.25, -0.2) is 0 Å². The third-order valence-corrected chi connectivity index (χ3v) is 3.33. The standard InChI is InChI=1S/C15H19NO3/c1-11-2-4-12(5-3-11)8-14(17)16(10-15(18)19)9-13-6-7-13/h2-5,13H,6-10H2,1H3,(H,18,19). The predicted molar refractivity (Wildman–Crippen MR) is 71.8 cm³/mol. The highest BCUT2D eigenvalue weighted by atomic mass is 16.4. The smallest absolute Gasteiger partial charge is 0.323 e. The topological polar surface area (TPSA) is 57.6 Å². The molecule has 0 spiro atoms. The van der Waals surface area contributed by atoms with E-state index in [9.17, 15) is 9.59 Å². The third-order valence-electron chi connectivity index (χ3n) is 3.33. The molecule has 1 aliphatic rings. The Labute approximate surface area is 113 Å². The Morgan fingerprint density at radius 2 is 1.89 bits per heavy atom. The molecule has 0 radical (unpaired) electrons. The number of carboxylic acid groups (broad SMARTS) is 1. The monoisotopic (exact) mass is 261 g/mol. The first-order valence-corrected chi connectivity index (χ1v) is 6.59. The summed E-state index contributed by atoms with van der Waals surface area (Å²) in [5.74, 6) is -0.544. The molecule has 102 valence electrons. The zero-order chi connectivity index (χ0) is 13.8. The first kappa shape index (κ1) is 13.6. The maximum Gasteiger partial charge on any atom is 0.323 e. The number of hydrogen-bond donors (Lipinski definition) is 1. The summed E-state index contributed by atoms with van der Waals surface area (Å²) in [7, 11) is 0. The molecule has 0 heterocycles. The number of carboxylic acids is 1. The predicted octanol–water partition coefficient (Wildman–Crippen LogP) is 1.86. The molecule has 4 heteroatoms. The Bertz CT molecular complexity index is 463. The van der Waals surface area contributed by atoms with Crippen LogP contribution < -0.4 is 0 Å². The van der Waals surface area contributed by atoms with Crippen LogP contribution in [-0.2, 0) is 16.0 Å². The van der Waals surface area contributed by atoms with Crippen molar-refractivity contribution < 1.29 is 14.7 Å². The quantitative estimate of drug-likeness (QED) is 0.850. The molecule has 0 atom stereocenters. The number of amides is 1. The van der Waals surface area contributed by atoms with E-state index in [1.807, 2.05) is 31.2 Å². The first-order valence-electron chi connectivity index (χ1n) is 6.59. The Morgan fingerprint density at radius 1 is 1.26 bits per heavy atom. The highest BCUT2D eigenvalue weighted by molar-refractivity contribution is 5.83. The summed E-state index contributed by atoms with van der Waals surface area (Å²) in [6.07, 6.45) is 2.49. The molecule has 1 aliphatic carbocycles. The van der Waals surface area contributed by atoms with E-state index < -0.39 is 5.97 Å². The van der Waals surface area contributed by atoms with Crippen molar-refractivity contribution in [3.8, 4) is 0 Å². The summed E-state index contributed by atoms with van der Waals surface area (Å²) >= 11 is 0. The number of rotatable bonds is 6. The van der Waals surface area contributed by atoms with Gasteiger partial charge < -0.3 is 10.0 Å². The maximum atomic E-state index is 12.2. The van der Waals surface area contributed by atoms with Gasteiger partial charge in [0.2, 0.25) is 5.91 Å². The molecule has 0 aromatic heterocycles. The van der Waals surface area contributed by atoms with Crippen LogP contribution >= 0.6 is 0 Å². The Morgan fingerprint density at radius 3 is 2.42 bits per heavy atom. The van der Waals surface area contributed by atoms with Gasteiger partial charge in [0.15, 0.2) is 0 Å². The van der Waals surface area contributed by atoms with Crippen molar-refractivity contribution in [2.75, 3.05) is 13.1 Å². The van der Waals surface area contributed by atoms with Gasteiger partial charge in [0.05, 0.1) is 6.42 Å². The van der Waals surface area contributed by atoms with Gasteiger partial charge in [-0.3, -0.25) is 9.59 Å². The molecule has 0 unspecified atom stereocenters. The fourth-order valence-corrected chi connectivity index (χ4v) is 2.02. The summed E-state index contributed by atoms with van der Waals surface area (Å²) < 4.78 is 0. The summed E-state index contributed by atoms with van der Waals surface area (Å²) in [6.45, 7) is 2.38.